The topological polar surface area (TPSA) is 0 Å². The van der Waals surface area contributed by atoms with Gasteiger partial charge in [-0.1, -0.05) is 88.7 Å². The second kappa shape index (κ2) is 6.33. The Morgan fingerprint density at radius 1 is 0.545 bits per heavy atom. The smallest absolute Gasteiger partial charge is 0.0625 e. The van der Waals surface area contributed by atoms with Crippen molar-refractivity contribution in [3.05, 3.63) is 89.5 Å². The zero-order valence-corrected chi connectivity index (χ0v) is 14.7. The number of hydrogen-bond acceptors (Lipinski definition) is 0. The molecule has 3 aromatic rings. The highest BCUT2D eigenvalue weighted by Gasteiger charge is 2.22. The molecule has 0 spiro atoms. The van der Waals surface area contributed by atoms with Crippen LogP contribution in [-0.2, 0) is 0 Å². The Hall–Kier alpha value is -2.12. The van der Waals surface area contributed by atoms with E-state index in [1.54, 1.807) is 5.19 Å². The van der Waals surface area contributed by atoms with E-state index in [1.165, 1.54) is 27.1 Å². The summed E-state index contributed by atoms with van der Waals surface area (Å²) in [5.74, 6) is 0. The Kier molecular flexibility index (Phi) is 4.26. The van der Waals surface area contributed by atoms with Crippen molar-refractivity contribution < 1.29 is 0 Å². The van der Waals surface area contributed by atoms with Gasteiger partial charge < -0.3 is 0 Å². The quantitative estimate of drug-likeness (QED) is 0.515. The van der Waals surface area contributed by atoms with E-state index < -0.39 is 8.80 Å². The predicted octanol–water partition coefficient (Wildman–Crippen LogP) is 2.86. The third-order valence-corrected chi connectivity index (χ3v) is 8.13. The van der Waals surface area contributed by atoms with Gasteiger partial charge in [0.05, 0.1) is 0 Å². The summed E-state index contributed by atoms with van der Waals surface area (Å²) in [5.41, 5.74) is 4.28. The molecule has 110 valence electrons. The van der Waals surface area contributed by atoms with Gasteiger partial charge in [0.1, 0.15) is 8.80 Å². The molecule has 0 unspecified atom stereocenters. The number of aryl methyl sites for hydroxylation is 2. The number of rotatable bonds is 3. The molecule has 0 saturated carbocycles. The summed E-state index contributed by atoms with van der Waals surface area (Å²) in [6.07, 6.45) is 0. The minimum Gasteiger partial charge on any atom is -0.0625 e. The summed E-state index contributed by atoms with van der Waals surface area (Å²) in [6, 6.07) is 26.6. The average molecular weight is 302 g/mol. The van der Waals surface area contributed by atoms with E-state index in [1.807, 2.05) is 0 Å². The second-order valence-electron chi connectivity index (χ2n) is 5.99. The molecule has 0 aliphatic carbocycles. The molecular formula is C21H22Si. The molecule has 1 heteroatoms. The minimum atomic E-state index is -1.42. The fourth-order valence-corrected chi connectivity index (χ4v) is 6.71. The van der Waals surface area contributed by atoms with Crippen molar-refractivity contribution in [3.63, 3.8) is 0 Å². The van der Waals surface area contributed by atoms with Crippen molar-refractivity contribution >= 4 is 24.4 Å². The molecule has 0 amide bonds. The summed E-state index contributed by atoms with van der Waals surface area (Å²) in [7, 11) is -1.42. The standard InChI is InChI=1S/C21H22Si/c1-16-14-15-17(2)21(18(16)3)22(19-10-6-4-7-11-19)20-12-8-5-9-13-20/h4-15,22H,1-3H3. The second-order valence-corrected chi connectivity index (χ2v) is 8.77. The highest BCUT2D eigenvalue weighted by molar-refractivity contribution is 6.96. The first-order chi connectivity index (χ1) is 10.7. The van der Waals surface area contributed by atoms with E-state index in [0.29, 0.717) is 0 Å². The van der Waals surface area contributed by atoms with Gasteiger partial charge >= 0.3 is 0 Å². The molecule has 3 rings (SSSR count). The highest BCUT2D eigenvalue weighted by Crippen LogP contribution is 2.09. The lowest BCUT2D eigenvalue weighted by atomic mass is 10.1. The first-order valence-corrected chi connectivity index (χ1v) is 9.58. The maximum Gasteiger partial charge on any atom is 0.133 e. The van der Waals surface area contributed by atoms with Crippen molar-refractivity contribution in [3.8, 4) is 0 Å². The van der Waals surface area contributed by atoms with Crippen LogP contribution in [0.25, 0.3) is 0 Å². The van der Waals surface area contributed by atoms with Crippen LogP contribution < -0.4 is 15.6 Å². The molecule has 0 aliphatic heterocycles. The number of hydrogen-bond donors (Lipinski definition) is 0. The molecule has 0 nitrogen and oxygen atoms in total. The Morgan fingerprint density at radius 2 is 1.00 bits per heavy atom. The van der Waals surface area contributed by atoms with Gasteiger partial charge in [0.25, 0.3) is 0 Å². The monoisotopic (exact) mass is 302 g/mol. The molecule has 0 aromatic heterocycles. The van der Waals surface area contributed by atoms with E-state index in [4.69, 9.17) is 0 Å². The van der Waals surface area contributed by atoms with Crippen LogP contribution in [0.4, 0.5) is 0 Å². The maximum absolute atomic E-state index is 2.30. The summed E-state index contributed by atoms with van der Waals surface area (Å²) in [4.78, 5) is 0. The largest absolute Gasteiger partial charge is 0.133 e. The third-order valence-electron chi connectivity index (χ3n) is 4.56. The lowest BCUT2D eigenvalue weighted by Gasteiger charge is -2.22. The molecule has 0 N–H and O–H groups in total. The van der Waals surface area contributed by atoms with Crippen molar-refractivity contribution in [1.82, 2.24) is 0 Å². The fraction of sp³-hybridized carbons (Fsp3) is 0.143. The van der Waals surface area contributed by atoms with Gasteiger partial charge in [-0.25, -0.2) is 0 Å². The Labute approximate surface area is 135 Å². The van der Waals surface area contributed by atoms with Crippen molar-refractivity contribution in [2.75, 3.05) is 0 Å². The fourth-order valence-electron chi connectivity index (χ4n) is 3.23. The first-order valence-electron chi connectivity index (χ1n) is 7.85. The van der Waals surface area contributed by atoms with Crippen LogP contribution in [-0.4, -0.2) is 8.80 Å². The van der Waals surface area contributed by atoms with Gasteiger partial charge in [0, 0.05) is 0 Å². The van der Waals surface area contributed by atoms with E-state index in [0.717, 1.165) is 0 Å². The van der Waals surface area contributed by atoms with E-state index in [9.17, 15) is 0 Å². The zero-order chi connectivity index (χ0) is 15.5. The molecule has 3 aromatic carbocycles. The van der Waals surface area contributed by atoms with Crippen molar-refractivity contribution in [2.45, 2.75) is 20.8 Å². The SMILES string of the molecule is Cc1ccc(C)c([SiH](c2ccccc2)c2ccccc2)c1C. The molecule has 0 radical (unpaired) electrons. The van der Waals surface area contributed by atoms with E-state index >= 15 is 0 Å². The van der Waals surface area contributed by atoms with E-state index in [-0.39, 0.29) is 0 Å². The Morgan fingerprint density at radius 3 is 1.50 bits per heavy atom. The van der Waals surface area contributed by atoms with Gasteiger partial charge in [-0.3, -0.25) is 0 Å². The zero-order valence-electron chi connectivity index (χ0n) is 13.5. The minimum absolute atomic E-state index is 1.39. The van der Waals surface area contributed by atoms with E-state index in [2.05, 4.69) is 93.6 Å². The van der Waals surface area contributed by atoms with Gasteiger partial charge in [0.2, 0.25) is 0 Å². The lowest BCUT2D eigenvalue weighted by molar-refractivity contribution is 1.33. The molecule has 0 bridgehead atoms. The van der Waals surface area contributed by atoms with Crippen LogP contribution in [0.15, 0.2) is 72.8 Å². The normalized spacial score (nSPS) is 10.9. The van der Waals surface area contributed by atoms with Gasteiger partial charge in [-0.15, -0.1) is 0 Å². The third kappa shape index (κ3) is 2.77. The van der Waals surface area contributed by atoms with Gasteiger partial charge in [-0.05, 0) is 37.1 Å². The van der Waals surface area contributed by atoms with Crippen LogP contribution in [0.1, 0.15) is 16.7 Å². The Bertz CT molecular complexity index is 721. The van der Waals surface area contributed by atoms with Crippen LogP contribution in [0.2, 0.25) is 0 Å². The lowest BCUT2D eigenvalue weighted by Crippen LogP contribution is -2.54. The number of benzene rings is 3. The van der Waals surface area contributed by atoms with Crippen molar-refractivity contribution in [2.24, 2.45) is 0 Å². The van der Waals surface area contributed by atoms with Gasteiger partial charge in [0.15, 0.2) is 0 Å². The molecule has 0 atom stereocenters. The van der Waals surface area contributed by atoms with Crippen LogP contribution >= 0.6 is 0 Å². The van der Waals surface area contributed by atoms with Crippen LogP contribution in [0.5, 0.6) is 0 Å². The predicted molar refractivity (Wildman–Crippen MR) is 99.6 cm³/mol. The summed E-state index contributed by atoms with van der Waals surface area (Å²) in [6.45, 7) is 6.76. The summed E-state index contributed by atoms with van der Waals surface area (Å²) in [5, 5.41) is 4.56. The average Bonchev–Trinajstić information content (AvgIpc) is 2.57. The summed E-state index contributed by atoms with van der Waals surface area (Å²) >= 11 is 0. The molecule has 0 saturated heterocycles. The maximum atomic E-state index is 2.30. The van der Waals surface area contributed by atoms with Crippen LogP contribution in [0, 0.1) is 20.8 Å². The van der Waals surface area contributed by atoms with Crippen molar-refractivity contribution in [1.29, 1.82) is 0 Å². The van der Waals surface area contributed by atoms with Gasteiger partial charge in [-0.2, -0.15) is 0 Å². The first kappa shape index (κ1) is 14.8. The summed E-state index contributed by atoms with van der Waals surface area (Å²) < 4.78 is 0. The molecule has 0 heterocycles. The molecule has 0 fully saturated rings. The Balaban J connectivity index is 2.26. The molecular weight excluding hydrogens is 280 g/mol. The molecule has 22 heavy (non-hydrogen) atoms. The highest BCUT2D eigenvalue weighted by atomic mass is 28.3. The van der Waals surface area contributed by atoms with Crippen LogP contribution in [0.3, 0.4) is 0 Å². The molecule has 0 aliphatic rings.